The number of nitrogens with zero attached hydrogens (tertiary/aromatic N) is 2. The molecule has 1 aromatic carbocycles. The first kappa shape index (κ1) is 14.5. The largest absolute Gasteiger partial charge is 0.377 e. The van der Waals surface area contributed by atoms with Crippen molar-refractivity contribution >= 4 is 22.7 Å². The number of nitro groups is 1. The minimum atomic E-state index is -0.378. The third-order valence-corrected chi connectivity index (χ3v) is 4.39. The standard InChI is InChI=1S/C14H17N3O2S/c1-8-5-6-12(17(18)19)7-13(8)16-10(3)14-9(2)15-11(4)20-14/h5-7,10,16H,1-4H3. The summed E-state index contributed by atoms with van der Waals surface area (Å²) >= 11 is 1.65. The van der Waals surface area contributed by atoms with E-state index in [0.29, 0.717) is 0 Å². The van der Waals surface area contributed by atoms with E-state index in [1.807, 2.05) is 27.7 Å². The molecule has 2 rings (SSSR count). The van der Waals surface area contributed by atoms with Crippen molar-refractivity contribution in [1.29, 1.82) is 0 Å². The number of hydrogen-bond donors (Lipinski definition) is 1. The maximum Gasteiger partial charge on any atom is 0.271 e. The summed E-state index contributed by atoms with van der Waals surface area (Å²) in [7, 11) is 0. The summed E-state index contributed by atoms with van der Waals surface area (Å²) in [6.07, 6.45) is 0. The molecule has 0 saturated carbocycles. The third kappa shape index (κ3) is 2.96. The summed E-state index contributed by atoms with van der Waals surface area (Å²) in [6.45, 7) is 7.94. The molecular formula is C14H17N3O2S. The van der Waals surface area contributed by atoms with Gasteiger partial charge in [-0.15, -0.1) is 11.3 Å². The van der Waals surface area contributed by atoms with Crippen molar-refractivity contribution in [2.75, 3.05) is 5.32 Å². The number of hydrogen-bond acceptors (Lipinski definition) is 5. The van der Waals surface area contributed by atoms with Crippen molar-refractivity contribution in [2.45, 2.75) is 33.7 Å². The smallest absolute Gasteiger partial charge is 0.271 e. The second kappa shape index (κ2) is 5.58. The van der Waals surface area contributed by atoms with Gasteiger partial charge < -0.3 is 5.32 Å². The van der Waals surface area contributed by atoms with Crippen LogP contribution in [0.2, 0.25) is 0 Å². The molecule has 0 aliphatic heterocycles. The molecule has 0 saturated heterocycles. The molecule has 2 aromatic rings. The predicted octanol–water partition coefficient (Wildman–Crippen LogP) is 4.15. The fourth-order valence-electron chi connectivity index (χ4n) is 2.13. The van der Waals surface area contributed by atoms with Gasteiger partial charge in [-0.2, -0.15) is 0 Å². The van der Waals surface area contributed by atoms with Crippen LogP contribution in [0, 0.1) is 30.9 Å². The van der Waals surface area contributed by atoms with Gasteiger partial charge >= 0.3 is 0 Å². The zero-order valence-corrected chi connectivity index (χ0v) is 12.7. The molecule has 1 aromatic heterocycles. The van der Waals surface area contributed by atoms with E-state index in [0.717, 1.165) is 26.8 Å². The second-order valence-electron chi connectivity index (χ2n) is 4.80. The minimum absolute atomic E-state index is 0.0712. The predicted molar refractivity (Wildman–Crippen MR) is 81.5 cm³/mol. The van der Waals surface area contributed by atoms with Gasteiger partial charge in [-0.05, 0) is 33.3 Å². The lowest BCUT2D eigenvalue weighted by molar-refractivity contribution is -0.384. The molecule has 0 amide bonds. The first-order valence-corrected chi connectivity index (χ1v) is 7.15. The number of aromatic nitrogens is 1. The van der Waals surface area contributed by atoms with E-state index in [1.165, 1.54) is 6.07 Å². The Morgan fingerprint density at radius 3 is 2.60 bits per heavy atom. The van der Waals surface area contributed by atoms with E-state index in [1.54, 1.807) is 23.5 Å². The molecule has 0 aliphatic carbocycles. The first-order chi connectivity index (χ1) is 9.38. The number of thiazole rings is 1. The average molecular weight is 291 g/mol. The van der Waals surface area contributed by atoms with Crippen molar-refractivity contribution in [3.63, 3.8) is 0 Å². The van der Waals surface area contributed by atoms with Gasteiger partial charge in [0, 0.05) is 22.7 Å². The van der Waals surface area contributed by atoms with Crippen molar-refractivity contribution in [3.8, 4) is 0 Å². The number of non-ortho nitro benzene ring substituents is 1. The lowest BCUT2D eigenvalue weighted by Gasteiger charge is -2.16. The van der Waals surface area contributed by atoms with E-state index in [4.69, 9.17) is 0 Å². The highest BCUT2D eigenvalue weighted by molar-refractivity contribution is 7.11. The summed E-state index contributed by atoms with van der Waals surface area (Å²) in [4.78, 5) is 16.0. The summed E-state index contributed by atoms with van der Waals surface area (Å²) in [6, 6.07) is 4.93. The maximum absolute atomic E-state index is 10.8. The zero-order valence-electron chi connectivity index (χ0n) is 11.9. The molecule has 0 spiro atoms. The number of benzene rings is 1. The summed E-state index contributed by atoms with van der Waals surface area (Å²) in [5, 5.41) is 15.2. The van der Waals surface area contributed by atoms with Crippen molar-refractivity contribution in [2.24, 2.45) is 0 Å². The van der Waals surface area contributed by atoms with Crippen LogP contribution in [0.5, 0.6) is 0 Å². The van der Waals surface area contributed by atoms with Gasteiger partial charge in [0.05, 0.1) is 21.7 Å². The van der Waals surface area contributed by atoms with Gasteiger partial charge in [0.15, 0.2) is 0 Å². The molecule has 0 radical (unpaired) electrons. The molecular weight excluding hydrogens is 274 g/mol. The van der Waals surface area contributed by atoms with Crippen LogP contribution in [0.3, 0.4) is 0 Å². The Balaban J connectivity index is 2.27. The van der Waals surface area contributed by atoms with Crippen LogP contribution < -0.4 is 5.32 Å². The number of nitro benzene ring substituents is 1. The molecule has 1 unspecified atom stereocenters. The van der Waals surface area contributed by atoms with Crippen LogP contribution in [0.25, 0.3) is 0 Å². The van der Waals surface area contributed by atoms with Crippen LogP contribution in [0.4, 0.5) is 11.4 Å². The van der Waals surface area contributed by atoms with Crippen LogP contribution in [0.1, 0.15) is 34.1 Å². The van der Waals surface area contributed by atoms with E-state index in [9.17, 15) is 10.1 Å². The van der Waals surface area contributed by atoms with E-state index >= 15 is 0 Å². The average Bonchev–Trinajstić information content (AvgIpc) is 2.71. The zero-order chi connectivity index (χ0) is 14.9. The first-order valence-electron chi connectivity index (χ1n) is 6.34. The van der Waals surface area contributed by atoms with Gasteiger partial charge in [-0.25, -0.2) is 4.98 Å². The fourth-order valence-corrected chi connectivity index (χ4v) is 3.06. The van der Waals surface area contributed by atoms with Gasteiger partial charge in [0.1, 0.15) is 0 Å². The Morgan fingerprint density at radius 2 is 2.05 bits per heavy atom. The molecule has 1 heterocycles. The number of rotatable bonds is 4. The molecule has 1 atom stereocenters. The Bertz CT molecular complexity index is 652. The van der Waals surface area contributed by atoms with Crippen LogP contribution >= 0.6 is 11.3 Å². The van der Waals surface area contributed by atoms with E-state index in [2.05, 4.69) is 10.3 Å². The molecule has 0 bridgehead atoms. The molecule has 0 aliphatic rings. The van der Waals surface area contributed by atoms with Gasteiger partial charge in [0.2, 0.25) is 0 Å². The molecule has 6 heteroatoms. The molecule has 0 fully saturated rings. The molecule has 106 valence electrons. The molecule has 1 N–H and O–H groups in total. The lowest BCUT2D eigenvalue weighted by atomic mass is 10.1. The second-order valence-corrected chi connectivity index (χ2v) is 6.04. The summed E-state index contributed by atoms with van der Waals surface area (Å²) < 4.78 is 0. The van der Waals surface area contributed by atoms with Gasteiger partial charge in [-0.3, -0.25) is 10.1 Å². The highest BCUT2D eigenvalue weighted by Gasteiger charge is 2.15. The SMILES string of the molecule is Cc1nc(C)c(C(C)Nc2cc([N+](=O)[O-])ccc2C)s1. The third-order valence-electron chi connectivity index (χ3n) is 3.14. The van der Waals surface area contributed by atoms with Crippen molar-refractivity contribution in [1.82, 2.24) is 4.98 Å². The summed E-state index contributed by atoms with van der Waals surface area (Å²) in [5.41, 5.74) is 2.89. The van der Waals surface area contributed by atoms with Gasteiger partial charge in [0.25, 0.3) is 5.69 Å². The highest BCUT2D eigenvalue weighted by atomic mass is 32.1. The van der Waals surface area contributed by atoms with Crippen molar-refractivity contribution in [3.05, 3.63) is 49.5 Å². The minimum Gasteiger partial charge on any atom is -0.377 e. The molecule has 5 nitrogen and oxygen atoms in total. The van der Waals surface area contributed by atoms with Crippen LogP contribution in [0.15, 0.2) is 18.2 Å². The Labute approximate surface area is 121 Å². The Kier molecular flexibility index (Phi) is 4.04. The normalized spacial score (nSPS) is 12.2. The number of anilines is 1. The Morgan fingerprint density at radius 1 is 1.35 bits per heavy atom. The fraction of sp³-hybridized carbons (Fsp3) is 0.357. The number of aryl methyl sites for hydroxylation is 3. The quantitative estimate of drug-likeness (QED) is 0.678. The van der Waals surface area contributed by atoms with E-state index < -0.39 is 0 Å². The number of nitrogens with one attached hydrogen (secondary N) is 1. The topological polar surface area (TPSA) is 68.1 Å². The Hall–Kier alpha value is -1.95. The van der Waals surface area contributed by atoms with Crippen LogP contribution in [-0.4, -0.2) is 9.91 Å². The monoisotopic (exact) mass is 291 g/mol. The molecule has 20 heavy (non-hydrogen) atoms. The van der Waals surface area contributed by atoms with E-state index in [-0.39, 0.29) is 16.7 Å². The van der Waals surface area contributed by atoms with Gasteiger partial charge in [-0.1, -0.05) is 6.07 Å². The maximum atomic E-state index is 10.8. The van der Waals surface area contributed by atoms with Crippen molar-refractivity contribution < 1.29 is 4.92 Å². The lowest BCUT2D eigenvalue weighted by Crippen LogP contribution is -2.07. The summed E-state index contributed by atoms with van der Waals surface area (Å²) in [5.74, 6) is 0. The highest BCUT2D eigenvalue weighted by Crippen LogP contribution is 2.30. The van der Waals surface area contributed by atoms with Crippen LogP contribution in [-0.2, 0) is 0 Å².